The lowest BCUT2D eigenvalue weighted by atomic mass is 10.3. The third kappa shape index (κ3) is 3.32. The number of nitrogens with two attached hydrogens (primary N) is 1. The number of carbonyl (C=O) groups is 1. The van der Waals surface area contributed by atoms with Crippen LogP contribution in [0.3, 0.4) is 0 Å². The largest absolute Gasteiger partial charge is 0.384 e. The van der Waals surface area contributed by atoms with Crippen molar-refractivity contribution in [3.05, 3.63) is 11.9 Å². The van der Waals surface area contributed by atoms with Crippen LogP contribution in [0.5, 0.6) is 0 Å². The highest BCUT2D eigenvalue weighted by molar-refractivity contribution is 5.76. The maximum atomic E-state index is 11.4. The number of aromatic nitrogens is 2. The fraction of sp³-hybridized carbons (Fsp3) is 0.583. The van der Waals surface area contributed by atoms with Gasteiger partial charge in [-0.15, -0.1) is 0 Å². The van der Waals surface area contributed by atoms with Crippen LogP contribution in [0.2, 0.25) is 0 Å². The first-order chi connectivity index (χ1) is 8.56. The molecule has 1 aromatic heterocycles. The second-order valence-corrected chi connectivity index (χ2v) is 4.78. The monoisotopic (exact) mass is 249 g/mol. The Hall–Kier alpha value is -1.85. The van der Waals surface area contributed by atoms with Gasteiger partial charge in [0.2, 0.25) is 5.91 Å². The van der Waals surface area contributed by atoms with E-state index in [2.05, 4.69) is 15.3 Å². The number of nitrogen functional groups attached to an aromatic ring is 1. The highest BCUT2D eigenvalue weighted by Gasteiger charge is 2.27. The summed E-state index contributed by atoms with van der Waals surface area (Å²) in [6.07, 6.45) is 2.72. The molecule has 1 aliphatic carbocycles. The normalized spacial score (nSPS) is 14.3. The van der Waals surface area contributed by atoms with E-state index < -0.39 is 0 Å². The molecule has 98 valence electrons. The Kier molecular flexibility index (Phi) is 3.64. The molecule has 6 heteroatoms. The molecule has 1 aromatic rings. The second-order valence-electron chi connectivity index (χ2n) is 4.78. The number of amides is 1. The lowest BCUT2D eigenvalue weighted by Gasteiger charge is -2.11. The number of rotatable bonds is 5. The van der Waals surface area contributed by atoms with Gasteiger partial charge in [-0.2, -0.15) is 0 Å². The molecular weight excluding hydrogens is 230 g/mol. The maximum Gasteiger partial charge on any atom is 0.223 e. The van der Waals surface area contributed by atoms with E-state index in [0.29, 0.717) is 30.5 Å². The summed E-state index contributed by atoms with van der Waals surface area (Å²) < 4.78 is 0. The minimum Gasteiger partial charge on any atom is -0.384 e. The van der Waals surface area contributed by atoms with Crippen LogP contribution in [0.4, 0.5) is 11.6 Å². The smallest absolute Gasteiger partial charge is 0.223 e. The predicted octanol–water partition coefficient (Wildman–Crippen LogP) is 0.826. The molecule has 18 heavy (non-hydrogen) atoms. The number of anilines is 2. The van der Waals surface area contributed by atoms with Gasteiger partial charge in [0, 0.05) is 39.0 Å². The van der Waals surface area contributed by atoms with Crippen molar-refractivity contribution in [2.45, 2.75) is 25.2 Å². The summed E-state index contributed by atoms with van der Waals surface area (Å²) in [4.78, 5) is 21.6. The molecule has 3 N–H and O–H groups in total. The molecule has 0 aliphatic heterocycles. The van der Waals surface area contributed by atoms with E-state index in [0.717, 1.165) is 18.7 Å². The Morgan fingerprint density at radius 1 is 1.50 bits per heavy atom. The van der Waals surface area contributed by atoms with E-state index in [1.54, 1.807) is 25.1 Å². The second kappa shape index (κ2) is 5.20. The fourth-order valence-electron chi connectivity index (χ4n) is 1.62. The van der Waals surface area contributed by atoms with Crippen molar-refractivity contribution >= 4 is 17.5 Å². The molecule has 1 amide bonds. The zero-order valence-electron chi connectivity index (χ0n) is 10.8. The summed E-state index contributed by atoms with van der Waals surface area (Å²) in [6.45, 7) is 0.553. The fourth-order valence-corrected chi connectivity index (χ4v) is 1.62. The van der Waals surface area contributed by atoms with Gasteiger partial charge in [0.15, 0.2) is 0 Å². The number of nitrogens with zero attached hydrogens (tertiary/aromatic N) is 3. The highest BCUT2D eigenvalue weighted by atomic mass is 16.2. The molecule has 0 radical (unpaired) electrons. The first-order valence-corrected chi connectivity index (χ1v) is 6.14. The molecule has 0 spiro atoms. The topological polar surface area (TPSA) is 84.1 Å². The van der Waals surface area contributed by atoms with Gasteiger partial charge in [-0.1, -0.05) is 0 Å². The Bertz CT molecular complexity index is 442. The van der Waals surface area contributed by atoms with Crippen molar-refractivity contribution in [3.8, 4) is 0 Å². The molecule has 1 heterocycles. The van der Waals surface area contributed by atoms with Crippen molar-refractivity contribution in [1.82, 2.24) is 14.9 Å². The third-order valence-electron chi connectivity index (χ3n) is 2.85. The minimum absolute atomic E-state index is 0.0898. The summed E-state index contributed by atoms with van der Waals surface area (Å²) in [5.41, 5.74) is 5.74. The lowest BCUT2D eigenvalue weighted by molar-refractivity contribution is -0.128. The minimum atomic E-state index is 0.0898. The Labute approximate surface area is 107 Å². The number of nitrogens with one attached hydrogen (secondary N) is 1. The molecule has 1 aliphatic rings. The van der Waals surface area contributed by atoms with Gasteiger partial charge >= 0.3 is 0 Å². The van der Waals surface area contributed by atoms with Crippen molar-refractivity contribution in [3.63, 3.8) is 0 Å². The van der Waals surface area contributed by atoms with Gasteiger partial charge in [-0.05, 0) is 12.8 Å². The Morgan fingerprint density at radius 2 is 2.22 bits per heavy atom. The number of carbonyl (C=O) groups excluding carboxylic acids is 1. The molecule has 1 fully saturated rings. The van der Waals surface area contributed by atoms with Gasteiger partial charge in [-0.3, -0.25) is 4.79 Å². The molecule has 0 saturated heterocycles. The molecular formula is C12H19N5O. The van der Waals surface area contributed by atoms with E-state index in [1.165, 1.54) is 0 Å². The Morgan fingerprint density at radius 3 is 2.83 bits per heavy atom. The molecule has 0 aromatic carbocycles. The summed E-state index contributed by atoms with van der Waals surface area (Å²) in [6, 6.07) is 1.70. The van der Waals surface area contributed by atoms with Gasteiger partial charge in [0.05, 0.1) is 0 Å². The van der Waals surface area contributed by atoms with Crippen molar-refractivity contribution in [2.75, 3.05) is 31.7 Å². The van der Waals surface area contributed by atoms with Gasteiger partial charge in [0.1, 0.15) is 17.5 Å². The van der Waals surface area contributed by atoms with Crippen molar-refractivity contribution in [1.29, 1.82) is 0 Å². The van der Waals surface area contributed by atoms with Crippen LogP contribution in [-0.4, -0.2) is 41.4 Å². The van der Waals surface area contributed by atoms with Crippen LogP contribution >= 0.6 is 0 Å². The van der Waals surface area contributed by atoms with E-state index in [4.69, 9.17) is 5.73 Å². The zero-order chi connectivity index (χ0) is 13.1. The Balaban J connectivity index is 1.90. The molecule has 6 nitrogen and oxygen atoms in total. The average Bonchev–Trinajstić information content (AvgIpc) is 3.11. The average molecular weight is 249 g/mol. The van der Waals surface area contributed by atoms with E-state index in [9.17, 15) is 4.79 Å². The van der Waals surface area contributed by atoms with Crippen molar-refractivity contribution in [2.24, 2.45) is 0 Å². The van der Waals surface area contributed by atoms with Crippen LogP contribution in [0.25, 0.3) is 0 Å². The van der Waals surface area contributed by atoms with Crippen LogP contribution in [-0.2, 0) is 4.79 Å². The maximum absolute atomic E-state index is 11.4. The summed E-state index contributed by atoms with van der Waals surface area (Å²) >= 11 is 0. The van der Waals surface area contributed by atoms with Crippen LogP contribution in [0.15, 0.2) is 6.07 Å². The van der Waals surface area contributed by atoms with Crippen LogP contribution < -0.4 is 11.1 Å². The number of hydrogen-bond acceptors (Lipinski definition) is 5. The standard InChI is InChI=1S/C12H19N5O/c1-17(2)11(18)5-6-14-10-7-9(13)15-12(16-10)8-3-4-8/h7-8H,3-6H2,1-2H3,(H3,13,14,15,16). The van der Waals surface area contributed by atoms with Crippen LogP contribution in [0, 0.1) is 0 Å². The van der Waals surface area contributed by atoms with Gasteiger partial charge < -0.3 is 16.0 Å². The third-order valence-corrected chi connectivity index (χ3v) is 2.85. The molecule has 0 atom stereocenters. The molecule has 1 saturated carbocycles. The van der Waals surface area contributed by atoms with E-state index >= 15 is 0 Å². The first-order valence-electron chi connectivity index (χ1n) is 6.14. The van der Waals surface area contributed by atoms with Gasteiger partial charge in [-0.25, -0.2) is 9.97 Å². The quantitative estimate of drug-likeness (QED) is 0.807. The van der Waals surface area contributed by atoms with E-state index in [1.807, 2.05) is 0 Å². The lowest BCUT2D eigenvalue weighted by Crippen LogP contribution is -2.24. The predicted molar refractivity (Wildman–Crippen MR) is 70.2 cm³/mol. The molecule has 0 unspecified atom stereocenters. The van der Waals surface area contributed by atoms with Gasteiger partial charge in [0.25, 0.3) is 0 Å². The SMILES string of the molecule is CN(C)C(=O)CCNc1cc(N)nc(C2CC2)n1. The highest BCUT2D eigenvalue weighted by Crippen LogP contribution is 2.38. The molecule has 0 bridgehead atoms. The molecule has 2 rings (SSSR count). The van der Waals surface area contributed by atoms with Crippen LogP contribution in [0.1, 0.15) is 31.0 Å². The van der Waals surface area contributed by atoms with Crippen molar-refractivity contribution < 1.29 is 4.79 Å². The number of hydrogen-bond donors (Lipinski definition) is 2. The summed E-state index contributed by atoms with van der Waals surface area (Å²) in [5.74, 6) is 2.56. The van der Waals surface area contributed by atoms with E-state index in [-0.39, 0.29) is 5.91 Å². The summed E-state index contributed by atoms with van der Waals surface area (Å²) in [7, 11) is 3.49. The summed E-state index contributed by atoms with van der Waals surface area (Å²) in [5, 5.41) is 3.12. The zero-order valence-corrected chi connectivity index (χ0v) is 10.8. The first kappa shape index (κ1) is 12.6.